The highest BCUT2D eigenvalue weighted by molar-refractivity contribution is 6.18. The van der Waals surface area contributed by atoms with Gasteiger partial charge in [0.2, 0.25) is 0 Å². The standard InChI is InChI=1S/C14H16Cl2N2O3/c15-5-7-18(8-6-16)11-3-1-10(2-4-11)9-12-13(19)21-14(20)17-12/h1-4,12H,5-9H2,(H,17,20). The molecule has 2 rings (SSSR count). The Bertz CT molecular complexity index is 501. The molecule has 0 aliphatic carbocycles. The molecule has 7 heteroatoms. The first kappa shape index (κ1) is 15.9. The van der Waals surface area contributed by atoms with Crippen molar-refractivity contribution in [3.8, 4) is 0 Å². The zero-order valence-electron chi connectivity index (χ0n) is 11.4. The minimum Gasteiger partial charge on any atom is -0.375 e. The lowest BCUT2D eigenvalue weighted by atomic mass is 10.1. The smallest absolute Gasteiger partial charge is 0.375 e. The second kappa shape index (κ2) is 7.52. The molecule has 1 aliphatic rings. The van der Waals surface area contributed by atoms with Crippen LogP contribution < -0.4 is 10.2 Å². The number of benzene rings is 1. The molecule has 0 radical (unpaired) electrons. The fourth-order valence-corrected chi connectivity index (χ4v) is 2.59. The van der Waals surface area contributed by atoms with E-state index in [1.807, 2.05) is 24.3 Å². The number of amides is 1. The zero-order valence-corrected chi connectivity index (χ0v) is 12.9. The third-order valence-corrected chi connectivity index (χ3v) is 3.56. The van der Waals surface area contributed by atoms with Gasteiger partial charge in [-0.25, -0.2) is 9.59 Å². The molecule has 1 amide bonds. The number of halogens is 2. The Morgan fingerprint density at radius 3 is 2.19 bits per heavy atom. The van der Waals surface area contributed by atoms with Crippen molar-refractivity contribution in [3.63, 3.8) is 0 Å². The minimum atomic E-state index is -0.683. The number of ether oxygens (including phenoxy) is 1. The monoisotopic (exact) mass is 330 g/mol. The molecule has 0 spiro atoms. The lowest BCUT2D eigenvalue weighted by Crippen LogP contribution is -2.31. The van der Waals surface area contributed by atoms with Crippen LogP contribution in [0.25, 0.3) is 0 Å². The summed E-state index contributed by atoms with van der Waals surface area (Å²) in [7, 11) is 0. The van der Waals surface area contributed by atoms with Gasteiger partial charge in [-0.3, -0.25) is 0 Å². The molecule has 1 aliphatic heterocycles. The van der Waals surface area contributed by atoms with Crippen LogP contribution in [-0.4, -0.2) is 43.0 Å². The highest BCUT2D eigenvalue weighted by Gasteiger charge is 2.32. The third kappa shape index (κ3) is 4.25. The largest absolute Gasteiger partial charge is 0.415 e. The van der Waals surface area contributed by atoms with Gasteiger partial charge in [-0.05, 0) is 17.7 Å². The average molecular weight is 331 g/mol. The normalized spacial score (nSPS) is 17.5. The number of hydrogen-bond acceptors (Lipinski definition) is 4. The Morgan fingerprint density at radius 2 is 1.71 bits per heavy atom. The maximum atomic E-state index is 11.4. The Kier molecular flexibility index (Phi) is 5.70. The first-order chi connectivity index (χ1) is 10.1. The molecule has 0 bridgehead atoms. The Morgan fingerprint density at radius 1 is 1.10 bits per heavy atom. The number of nitrogens with zero attached hydrogens (tertiary/aromatic N) is 1. The summed E-state index contributed by atoms with van der Waals surface area (Å²) in [6.07, 6.45) is -0.271. The van der Waals surface area contributed by atoms with E-state index in [-0.39, 0.29) is 0 Å². The van der Waals surface area contributed by atoms with Crippen LogP contribution in [0.3, 0.4) is 0 Å². The number of carbonyl (C=O) groups excluding carboxylic acids is 2. The van der Waals surface area contributed by atoms with E-state index >= 15 is 0 Å². The molecule has 1 unspecified atom stereocenters. The Labute approximate surface area is 133 Å². The molecule has 1 saturated heterocycles. The lowest BCUT2D eigenvalue weighted by Gasteiger charge is -2.23. The predicted octanol–water partition coefficient (Wildman–Crippen LogP) is 2.15. The van der Waals surface area contributed by atoms with Crippen molar-refractivity contribution in [2.45, 2.75) is 12.5 Å². The quantitative estimate of drug-likeness (QED) is 0.473. The first-order valence-corrected chi connectivity index (χ1v) is 7.69. The average Bonchev–Trinajstić information content (AvgIpc) is 2.77. The van der Waals surface area contributed by atoms with E-state index in [0.29, 0.717) is 18.2 Å². The highest BCUT2D eigenvalue weighted by atomic mass is 35.5. The first-order valence-electron chi connectivity index (χ1n) is 6.62. The number of hydrogen-bond donors (Lipinski definition) is 1. The number of rotatable bonds is 7. The number of esters is 1. The molecule has 1 aromatic rings. The van der Waals surface area contributed by atoms with Crippen LogP contribution in [0.5, 0.6) is 0 Å². The molecule has 5 nitrogen and oxygen atoms in total. The molecule has 114 valence electrons. The van der Waals surface area contributed by atoms with E-state index < -0.39 is 18.1 Å². The lowest BCUT2D eigenvalue weighted by molar-refractivity contribution is -0.135. The maximum absolute atomic E-state index is 11.4. The van der Waals surface area contributed by atoms with E-state index in [1.54, 1.807) is 0 Å². The van der Waals surface area contributed by atoms with Crippen LogP contribution >= 0.6 is 23.2 Å². The number of nitrogens with one attached hydrogen (secondary N) is 1. The minimum absolute atomic E-state index is 0.413. The molecule has 1 atom stereocenters. The molecule has 1 N–H and O–H groups in total. The SMILES string of the molecule is O=C1NC(Cc2ccc(N(CCCl)CCCl)cc2)C(=O)O1. The van der Waals surface area contributed by atoms with Crippen molar-refractivity contribution in [3.05, 3.63) is 29.8 Å². The molecular weight excluding hydrogens is 315 g/mol. The second-order valence-electron chi connectivity index (χ2n) is 4.64. The van der Waals surface area contributed by atoms with Gasteiger partial charge < -0.3 is 15.0 Å². The van der Waals surface area contributed by atoms with Crippen LogP contribution in [0.1, 0.15) is 5.56 Å². The van der Waals surface area contributed by atoms with Gasteiger partial charge in [-0.1, -0.05) is 12.1 Å². The fraction of sp³-hybridized carbons (Fsp3) is 0.429. The second-order valence-corrected chi connectivity index (χ2v) is 5.40. The van der Waals surface area contributed by atoms with E-state index in [0.717, 1.165) is 24.3 Å². The Hall–Kier alpha value is -1.46. The topological polar surface area (TPSA) is 58.6 Å². The summed E-state index contributed by atoms with van der Waals surface area (Å²) in [6.45, 7) is 1.44. The van der Waals surface area contributed by atoms with E-state index in [9.17, 15) is 9.59 Å². The van der Waals surface area contributed by atoms with Crippen LogP contribution in [0.2, 0.25) is 0 Å². The Balaban J connectivity index is 2.01. The summed E-state index contributed by atoms with van der Waals surface area (Å²) < 4.78 is 4.45. The van der Waals surface area contributed by atoms with Gasteiger partial charge in [-0.2, -0.15) is 0 Å². The van der Waals surface area contributed by atoms with Crippen LogP contribution in [0, 0.1) is 0 Å². The summed E-state index contributed by atoms with van der Waals surface area (Å²) in [5.74, 6) is 0.520. The van der Waals surface area contributed by atoms with Crippen molar-refractivity contribution in [1.82, 2.24) is 5.32 Å². The van der Waals surface area contributed by atoms with Crippen LogP contribution in [0.15, 0.2) is 24.3 Å². The molecule has 1 aromatic carbocycles. The number of cyclic esters (lactones) is 2. The van der Waals surface area contributed by atoms with Crippen LogP contribution in [-0.2, 0) is 16.0 Å². The third-order valence-electron chi connectivity index (χ3n) is 3.22. The molecule has 0 aromatic heterocycles. The number of alkyl carbamates (subject to hydrolysis) is 1. The summed E-state index contributed by atoms with van der Waals surface area (Å²) in [5.41, 5.74) is 1.97. The molecule has 0 saturated carbocycles. The van der Waals surface area contributed by atoms with Gasteiger partial charge >= 0.3 is 12.1 Å². The van der Waals surface area contributed by atoms with Crippen molar-refractivity contribution in [2.75, 3.05) is 29.7 Å². The van der Waals surface area contributed by atoms with Gasteiger partial charge in [0.05, 0.1) is 0 Å². The number of carbonyl (C=O) groups is 2. The van der Waals surface area contributed by atoms with E-state index in [1.165, 1.54) is 0 Å². The van der Waals surface area contributed by atoms with Gasteiger partial charge in [0.15, 0.2) is 0 Å². The highest BCUT2D eigenvalue weighted by Crippen LogP contribution is 2.17. The summed E-state index contributed by atoms with van der Waals surface area (Å²) in [5, 5.41) is 2.47. The molecule has 1 heterocycles. The molecular formula is C14H16Cl2N2O3. The zero-order chi connectivity index (χ0) is 15.2. The van der Waals surface area contributed by atoms with Gasteiger partial charge in [-0.15, -0.1) is 23.2 Å². The maximum Gasteiger partial charge on any atom is 0.415 e. The van der Waals surface area contributed by atoms with Gasteiger partial charge in [0, 0.05) is 37.0 Å². The van der Waals surface area contributed by atoms with Crippen molar-refractivity contribution < 1.29 is 14.3 Å². The predicted molar refractivity (Wildman–Crippen MR) is 82.2 cm³/mol. The van der Waals surface area contributed by atoms with E-state index in [2.05, 4.69) is 15.0 Å². The number of anilines is 1. The van der Waals surface area contributed by atoms with Crippen molar-refractivity contribution >= 4 is 41.0 Å². The van der Waals surface area contributed by atoms with Crippen molar-refractivity contribution in [1.29, 1.82) is 0 Å². The summed E-state index contributed by atoms with van der Waals surface area (Å²) in [4.78, 5) is 24.4. The fourth-order valence-electron chi connectivity index (χ4n) is 2.18. The van der Waals surface area contributed by atoms with Crippen LogP contribution in [0.4, 0.5) is 10.5 Å². The van der Waals surface area contributed by atoms with Crippen molar-refractivity contribution in [2.24, 2.45) is 0 Å². The van der Waals surface area contributed by atoms with Gasteiger partial charge in [0.25, 0.3) is 0 Å². The summed E-state index contributed by atoms with van der Waals surface area (Å²) in [6, 6.07) is 7.14. The number of alkyl halides is 2. The summed E-state index contributed by atoms with van der Waals surface area (Å²) >= 11 is 11.6. The molecule has 1 fully saturated rings. The molecule has 21 heavy (non-hydrogen) atoms. The van der Waals surface area contributed by atoms with E-state index in [4.69, 9.17) is 23.2 Å². The van der Waals surface area contributed by atoms with Gasteiger partial charge in [0.1, 0.15) is 6.04 Å².